The molecule has 8 nitrogen and oxygen atoms in total. The second-order valence-corrected chi connectivity index (χ2v) is 5.56. The van der Waals surface area contributed by atoms with Crippen LogP contribution < -0.4 is 4.74 Å². The maximum atomic E-state index is 10.9. The van der Waals surface area contributed by atoms with E-state index < -0.39 is 4.92 Å². The van der Waals surface area contributed by atoms with Crippen molar-refractivity contribution in [3.05, 3.63) is 58.3 Å². The van der Waals surface area contributed by atoms with Gasteiger partial charge in [-0.3, -0.25) is 10.1 Å². The zero-order valence-electron chi connectivity index (χ0n) is 14.0. The Kier molecular flexibility index (Phi) is 4.34. The van der Waals surface area contributed by atoms with Gasteiger partial charge in [0.15, 0.2) is 12.0 Å². The van der Waals surface area contributed by atoms with E-state index in [-0.39, 0.29) is 5.88 Å². The molecule has 0 aliphatic heterocycles. The van der Waals surface area contributed by atoms with Crippen LogP contribution in [0.1, 0.15) is 5.56 Å². The Bertz CT molecular complexity index is 934. The van der Waals surface area contributed by atoms with Crippen molar-refractivity contribution < 1.29 is 18.7 Å². The molecule has 0 unspecified atom stereocenters. The van der Waals surface area contributed by atoms with Crippen LogP contribution in [0.2, 0.25) is 0 Å². The van der Waals surface area contributed by atoms with Crippen LogP contribution in [0, 0.1) is 10.1 Å². The van der Waals surface area contributed by atoms with Gasteiger partial charge in [-0.2, -0.15) is 5.10 Å². The first kappa shape index (κ1) is 16.4. The van der Waals surface area contributed by atoms with E-state index >= 15 is 0 Å². The van der Waals surface area contributed by atoms with Gasteiger partial charge in [-0.25, -0.2) is 9.26 Å². The van der Waals surface area contributed by atoms with Gasteiger partial charge < -0.3 is 9.15 Å². The lowest BCUT2D eigenvalue weighted by Crippen LogP contribution is -1.99. The summed E-state index contributed by atoms with van der Waals surface area (Å²) in [7, 11) is 5.38. The molecule has 25 heavy (non-hydrogen) atoms. The molecule has 0 spiro atoms. The van der Waals surface area contributed by atoms with Crippen LogP contribution in [-0.2, 0) is 0 Å². The molecule has 128 valence electrons. The summed E-state index contributed by atoms with van der Waals surface area (Å²) in [5.41, 5.74) is 2.14. The highest BCUT2D eigenvalue weighted by Crippen LogP contribution is 2.28. The predicted molar refractivity (Wildman–Crippen MR) is 91.7 cm³/mol. The van der Waals surface area contributed by atoms with E-state index in [0.29, 0.717) is 11.5 Å². The number of hydrogen-bond acceptors (Lipinski definition) is 5. The molecule has 0 saturated heterocycles. The van der Waals surface area contributed by atoms with E-state index in [1.807, 2.05) is 55.3 Å². The van der Waals surface area contributed by atoms with E-state index in [9.17, 15) is 10.1 Å². The summed E-state index contributed by atoms with van der Waals surface area (Å²) in [6, 6.07) is 10.3. The number of methoxy groups -OCH3 is 1. The predicted octanol–water partition coefficient (Wildman–Crippen LogP) is 2.74. The van der Waals surface area contributed by atoms with E-state index in [2.05, 4.69) is 5.10 Å². The van der Waals surface area contributed by atoms with Crippen molar-refractivity contribution in [3.63, 3.8) is 0 Å². The molecule has 0 saturated carbocycles. The van der Waals surface area contributed by atoms with Crippen molar-refractivity contribution in [1.29, 1.82) is 0 Å². The molecule has 8 heteroatoms. The molecule has 1 aromatic carbocycles. The first-order valence-corrected chi connectivity index (χ1v) is 7.48. The number of ether oxygens (including phenoxy) is 1. The van der Waals surface area contributed by atoms with E-state index in [1.165, 1.54) is 6.07 Å². The van der Waals surface area contributed by atoms with Crippen molar-refractivity contribution in [2.24, 2.45) is 0 Å². The molecular weight excluding hydrogens is 324 g/mol. The first-order valence-electron chi connectivity index (χ1n) is 7.48. The number of nitro groups is 1. The second kappa shape index (κ2) is 6.60. The Morgan fingerprint density at radius 2 is 1.92 bits per heavy atom. The average molecular weight is 341 g/mol. The number of rotatable bonds is 5. The molecule has 0 fully saturated rings. The highest BCUT2D eigenvalue weighted by atomic mass is 16.6. The van der Waals surface area contributed by atoms with Crippen molar-refractivity contribution >= 4 is 12.1 Å². The number of aromatic nitrogens is 2. The number of furan rings is 1. The third-order valence-electron chi connectivity index (χ3n) is 3.48. The topological polar surface area (TPSA) is 86.3 Å². The molecule has 3 aromatic rings. The molecule has 0 amide bonds. The van der Waals surface area contributed by atoms with Crippen LogP contribution in [0.3, 0.4) is 0 Å². The van der Waals surface area contributed by atoms with Gasteiger partial charge in [0.2, 0.25) is 0 Å². The molecule has 3 rings (SSSR count). The standard InChI is InChI=1S/C17H17N4O4/c1-19(2)10-12-11-20(13-4-6-14(24-3)7-5-13)18-17(12)15-8-9-16(25-15)21(22)23/h4-11H,1-3H3/q+1. The molecule has 0 N–H and O–H groups in total. The molecule has 2 aromatic heterocycles. The zero-order valence-corrected chi connectivity index (χ0v) is 14.0. The van der Waals surface area contributed by atoms with Crippen LogP contribution in [0.15, 0.2) is 47.0 Å². The largest absolute Gasteiger partial charge is 0.497 e. The molecule has 0 bridgehead atoms. The van der Waals surface area contributed by atoms with Gasteiger partial charge in [-0.1, -0.05) is 0 Å². The summed E-state index contributed by atoms with van der Waals surface area (Å²) in [6.07, 6.45) is 3.71. The Balaban J connectivity index is 2.08. The van der Waals surface area contributed by atoms with Crippen LogP contribution in [0.5, 0.6) is 5.75 Å². The molecule has 0 atom stereocenters. The highest BCUT2D eigenvalue weighted by Gasteiger charge is 2.20. The maximum absolute atomic E-state index is 10.9. The fourth-order valence-electron chi connectivity index (χ4n) is 2.37. The minimum absolute atomic E-state index is 0.315. The minimum atomic E-state index is -0.570. The fourth-order valence-corrected chi connectivity index (χ4v) is 2.37. The monoisotopic (exact) mass is 341 g/mol. The van der Waals surface area contributed by atoms with Crippen molar-refractivity contribution in [1.82, 2.24) is 9.78 Å². The number of hydrogen-bond donors (Lipinski definition) is 0. The van der Waals surface area contributed by atoms with Gasteiger partial charge in [-0.05, 0) is 30.3 Å². The van der Waals surface area contributed by atoms with Gasteiger partial charge in [0.1, 0.15) is 30.5 Å². The Morgan fingerprint density at radius 1 is 1.20 bits per heavy atom. The molecule has 0 aliphatic rings. The van der Waals surface area contributed by atoms with Gasteiger partial charge in [0, 0.05) is 6.20 Å². The maximum Gasteiger partial charge on any atom is 0.433 e. The van der Waals surface area contributed by atoms with Gasteiger partial charge in [0.25, 0.3) is 0 Å². The Hall–Kier alpha value is -3.42. The Labute approximate surface area is 143 Å². The Morgan fingerprint density at radius 3 is 2.48 bits per heavy atom. The fraction of sp³-hybridized carbons (Fsp3) is 0.176. The summed E-state index contributed by atoms with van der Waals surface area (Å²) >= 11 is 0. The summed E-state index contributed by atoms with van der Waals surface area (Å²) in [6.45, 7) is 0. The van der Waals surface area contributed by atoms with E-state index in [4.69, 9.17) is 9.15 Å². The van der Waals surface area contributed by atoms with Gasteiger partial charge >= 0.3 is 5.88 Å². The smallest absolute Gasteiger partial charge is 0.433 e. The quantitative estimate of drug-likeness (QED) is 0.308. The van der Waals surface area contributed by atoms with E-state index in [0.717, 1.165) is 17.0 Å². The molecule has 0 aliphatic carbocycles. The first-order chi connectivity index (χ1) is 12.0. The summed E-state index contributed by atoms with van der Waals surface area (Å²) < 4.78 is 14.0. The lowest BCUT2D eigenvalue weighted by molar-refractivity contribution is -0.458. The van der Waals surface area contributed by atoms with Crippen LogP contribution >= 0.6 is 0 Å². The normalized spacial score (nSPS) is 10.5. The summed E-state index contributed by atoms with van der Waals surface area (Å²) in [4.78, 5) is 10.3. The number of benzene rings is 1. The molecular formula is C17H17N4O4+. The third-order valence-corrected chi connectivity index (χ3v) is 3.48. The van der Waals surface area contributed by atoms with Crippen LogP contribution in [0.25, 0.3) is 17.1 Å². The van der Waals surface area contributed by atoms with Crippen LogP contribution in [-0.4, -0.2) is 46.7 Å². The lowest BCUT2D eigenvalue weighted by atomic mass is 10.2. The van der Waals surface area contributed by atoms with Crippen LogP contribution in [0.4, 0.5) is 5.88 Å². The lowest BCUT2D eigenvalue weighted by Gasteiger charge is -2.02. The number of nitrogens with zero attached hydrogens (tertiary/aromatic N) is 4. The van der Waals surface area contributed by atoms with Gasteiger partial charge in [-0.15, -0.1) is 0 Å². The minimum Gasteiger partial charge on any atom is -0.497 e. The SMILES string of the molecule is COc1ccc(-n2cc(C=[N+](C)C)c(-c3ccc([N+](=O)[O-])o3)n2)cc1. The zero-order chi connectivity index (χ0) is 18.0. The third kappa shape index (κ3) is 3.42. The molecule has 0 radical (unpaired) electrons. The van der Waals surface area contributed by atoms with Crippen molar-refractivity contribution in [2.45, 2.75) is 0 Å². The van der Waals surface area contributed by atoms with Gasteiger partial charge in [0.05, 0.1) is 24.4 Å². The molecule has 2 heterocycles. The summed E-state index contributed by atoms with van der Waals surface area (Å²) in [5.74, 6) is 0.773. The summed E-state index contributed by atoms with van der Waals surface area (Å²) in [5, 5.41) is 15.4. The van der Waals surface area contributed by atoms with E-state index in [1.54, 1.807) is 17.9 Å². The van der Waals surface area contributed by atoms with Crippen molar-refractivity contribution in [3.8, 4) is 22.9 Å². The highest BCUT2D eigenvalue weighted by molar-refractivity contribution is 5.85. The average Bonchev–Trinajstić information content (AvgIpc) is 3.21. The second-order valence-electron chi connectivity index (χ2n) is 5.56. The van der Waals surface area contributed by atoms with Crippen molar-refractivity contribution in [2.75, 3.05) is 21.2 Å².